The fraction of sp³-hybridized carbons (Fsp3) is 0.0500. The maximum atomic E-state index is 12.5. The van der Waals surface area contributed by atoms with Gasteiger partial charge in [0, 0.05) is 44.5 Å². The summed E-state index contributed by atoms with van der Waals surface area (Å²) in [6, 6.07) is 14.1. The highest BCUT2D eigenvalue weighted by Crippen LogP contribution is 2.30. The van der Waals surface area contributed by atoms with Gasteiger partial charge in [0.1, 0.15) is 11.6 Å². The van der Waals surface area contributed by atoms with Crippen LogP contribution in [0.15, 0.2) is 60.8 Å². The molecule has 1 N–H and O–H groups in total. The highest BCUT2D eigenvalue weighted by Gasteiger charge is 2.12. The lowest BCUT2D eigenvalue weighted by atomic mass is 10.2. The largest absolute Gasteiger partial charge is 0.435 e. The van der Waals surface area contributed by atoms with Crippen LogP contribution in [0.25, 0.3) is 22.3 Å². The van der Waals surface area contributed by atoms with Crippen molar-refractivity contribution < 1.29 is 23.0 Å². The first-order chi connectivity index (χ1) is 14.5. The smallest absolute Gasteiger partial charge is 0.387 e. The van der Waals surface area contributed by atoms with Crippen LogP contribution in [0.2, 0.25) is 5.02 Å². The summed E-state index contributed by atoms with van der Waals surface area (Å²) in [5.74, 6) is 0.510. The van der Waals surface area contributed by atoms with Gasteiger partial charge in [-0.15, -0.1) is 0 Å². The van der Waals surface area contributed by atoms with E-state index in [2.05, 4.69) is 29.9 Å². The SMILES string of the molecule is FOc1ccc(-c2nc(Nc3cccc(OC(F)F)c3)c3ccc(Cl)cc3n2)cn1. The van der Waals surface area contributed by atoms with E-state index in [4.69, 9.17) is 11.6 Å². The molecule has 0 aliphatic rings. The number of anilines is 2. The van der Waals surface area contributed by atoms with Gasteiger partial charge in [-0.25, -0.2) is 15.0 Å². The molecule has 0 unspecified atom stereocenters. The van der Waals surface area contributed by atoms with E-state index in [-0.39, 0.29) is 11.6 Å². The van der Waals surface area contributed by atoms with Gasteiger partial charge in [-0.05, 0) is 36.4 Å². The van der Waals surface area contributed by atoms with Gasteiger partial charge in [-0.2, -0.15) is 8.78 Å². The van der Waals surface area contributed by atoms with Gasteiger partial charge >= 0.3 is 6.61 Å². The van der Waals surface area contributed by atoms with Gasteiger partial charge in [0.25, 0.3) is 5.88 Å². The molecule has 0 radical (unpaired) electrons. The lowest BCUT2D eigenvalue weighted by molar-refractivity contribution is -0.0498. The van der Waals surface area contributed by atoms with Crippen molar-refractivity contribution in [2.75, 3.05) is 5.32 Å². The van der Waals surface area contributed by atoms with Crippen molar-refractivity contribution in [1.82, 2.24) is 15.0 Å². The molecule has 2 aromatic heterocycles. The van der Waals surface area contributed by atoms with Crippen LogP contribution in [0.5, 0.6) is 11.6 Å². The van der Waals surface area contributed by atoms with Crippen molar-refractivity contribution >= 4 is 34.0 Å². The summed E-state index contributed by atoms with van der Waals surface area (Å²) in [6.45, 7) is -2.93. The summed E-state index contributed by atoms with van der Waals surface area (Å²) in [5.41, 5.74) is 1.53. The molecule has 2 heterocycles. The molecule has 10 heteroatoms. The summed E-state index contributed by atoms with van der Waals surface area (Å²) < 4.78 is 41.7. The van der Waals surface area contributed by atoms with Gasteiger partial charge < -0.3 is 10.1 Å². The van der Waals surface area contributed by atoms with Crippen LogP contribution in [-0.2, 0) is 0 Å². The fourth-order valence-electron chi connectivity index (χ4n) is 2.77. The molecule has 0 bridgehead atoms. The molecule has 0 atom stereocenters. The first kappa shape index (κ1) is 19.7. The molecule has 152 valence electrons. The van der Waals surface area contributed by atoms with Crippen molar-refractivity contribution in [2.45, 2.75) is 6.61 Å². The van der Waals surface area contributed by atoms with Gasteiger partial charge in [-0.3, -0.25) is 4.94 Å². The lowest BCUT2D eigenvalue weighted by Crippen LogP contribution is -2.03. The van der Waals surface area contributed by atoms with Gasteiger partial charge in [0.15, 0.2) is 5.82 Å². The third-order valence-corrected chi connectivity index (χ3v) is 4.29. The predicted octanol–water partition coefficient (Wildman–Crippen LogP) is 5.95. The lowest BCUT2D eigenvalue weighted by Gasteiger charge is -2.12. The first-order valence-electron chi connectivity index (χ1n) is 8.56. The van der Waals surface area contributed by atoms with Crippen LogP contribution in [0.3, 0.4) is 0 Å². The van der Waals surface area contributed by atoms with Crippen LogP contribution in [0.4, 0.5) is 24.8 Å². The fourth-order valence-corrected chi connectivity index (χ4v) is 2.94. The average Bonchev–Trinajstić information content (AvgIpc) is 2.73. The Hall–Kier alpha value is -3.59. The number of fused-ring (bicyclic) bond motifs is 1. The number of halogens is 4. The number of rotatable bonds is 6. The van der Waals surface area contributed by atoms with E-state index in [0.29, 0.717) is 38.8 Å². The number of alkyl halides is 2. The van der Waals surface area contributed by atoms with Crippen LogP contribution in [0, 0.1) is 0 Å². The molecule has 0 fully saturated rings. The molecular weight excluding hydrogens is 421 g/mol. The van der Waals surface area contributed by atoms with Crippen LogP contribution in [-0.4, -0.2) is 21.6 Å². The number of hydrogen-bond donors (Lipinski definition) is 1. The van der Waals surface area contributed by atoms with Gasteiger partial charge in [0.05, 0.1) is 5.52 Å². The second-order valence-electron chi connectivity index (χ2n) is 6.05. The predicted molar refractivity (Wildman–Crippen MR) is 106 cm³/mol. The van der Waals surface area contributed by atoms with E-state index in [0.717, 1.165) is 0 Å². The van der Waals surface area contributed by atoms with Crippen molar-refractivity contribution in [2.24, 2.45) is 0 Å². The topological polar surface area (TPSA) is 69.2 Å². The highest BCUT2D eigenvalue weighted by atomic mass is 35.5. The second-order valence-corrected chi connectivity index (χ2v) is 6.49. The number of ether oxygens (including phenoxy) is 1. The minimum Gasteiger partial charge on any atom is -0.435 e. The quantitative estimate of drug-likeness (QED) is 0.406. The minimum atomic E-state index is -2.93. The number of pyridine rings is 1. The highest BCUT2D eigenvalue weighted by molar-refractivity contribution is 6.31. The number of hydrogen-bond acceptors (Lipinski definition) is 6. The van der Waals surface area contributed by atoms with E-state index in [9.17, 15) is 13.3 Å². The van der Waals surface area contributed by atoms with E-state index in [1.54, 1.807) is 36.4 Å². The second kappa shape index (κ2) is 8.42. The maximum Gasteiger partial charge on any atom is 0.387 e. The number of nitrogens with one attached hydrogen (secondary N) is 1. The Labute approximate surface area is 173 Å². The molecule has 0 saturated carbocycles. The van der Waals surface area contributed by atoms with Crippen molar-refractivity contribution in [3.05, 3.63) is 65.8 Å². The standard InChI is InChI=1S/C20H12ClF3N4O2/c21-12-5-6-15-16(8-12)27-18(11-4-7-17(30-24)25-10-11)28-19(15)26-13-2-1-3-14(9-13)29-20(22)23/h1-10,20H,(H,26,27,28). The monoisotopic (exact) mass is 432 g/mol. The molecule has 2 aromatic carbocycles. The minimum absolute atomic E-state index is 0.00245. The normalized spacial score (nSPS) is 11.0. The Kier molecular flexibility index (Phi) is 5.53. The van der Waals surface area contributed by atoms with Crippen molar-refractivity contribution in [3.8, 4) is 23.0 Å². The third-order valence-electron chi connectivity index (χ3n) is 4.05. The first-order valence-corrected chi connectivity index (χ1v) is 8.94. The van der Waals surface area contributed by atoms with Gasteiger partial charge in [0.2, 0.25) is 0 Å². The Morgan fingerprint density at radius 3 is 2.60 bits per heavy atom. The molecule has 0 aliphatic carbocycles. The Balaban J connectivity index is 1.78. The average molecular weight is 433 g/mol. The molecule has 4 aromatic rings. The molecule has 4 rings (SSSR count). The third kappa shape index (κ3) is 4.36. The van der Waals surface area contributed by atoms with E-state index in [1.165, 1.54) is 24.4 Å². The Morgan fingerprint density at radius 2 is 1.87 bits per heavy atom. The van der Waals surface area contributed by atoms with E-state index < -0.39 is 6.61 Å². The summed E-state index contributed by atoms with van der Waals surface area (Å²) in [6.07, 6.45) is 1.36. The molecule has 30 heavy (non-hydrogen) atoms. The van der Waals surface area contributed by atoms with Gasteiger partial charge in [-0.1, -0.05) is 17.7 Å². The summed E-state index contributed by atoms with van der Waals surface area (Å²) in [4.78, 5) is 16.4. The molecule has 0 saturated heterocycles. The molecule has 0 aliphatic heterocycles. The molecular formula is C20H12ClF3N4O2. The van der Waals surface area contributed by atoms with E-state index in [1.807, 2.05) is 0 Å². The van der Waals surface area contributed by atoms with Crippen LogP contribution >= 0.6 is 11.6 Å². The zero-order chi connectivity index (χ0) is 21.1. The number of benzene rings is 2. The summed E-state index contributed by atoms with van der Waals surface area (Å²) >= 11 is 6.10. The van der Waals surface area contributed by atoms with Crippen LogP contribution in [0.1, 0.15) is 0 Å². The van der Waals surface area contributed by atoms with E-state index >= 15 is 0 Å². The summed E-state index contributed by atoms with van der Waals surface area (Å²) in [5, 5.41) is 4.22. The van der Waals surface area contributed by atoms with Crippen molar-refractivity contribution in [3.63, 3.8) is 0 Å². The van der Waals surface area contributed by atoms with Crippen molar-refractivity contribution in [1.29, 1.82) is 0 Å². The zero-order valence-corrected chi connectivity index (χ0v) is 15.8. The summed E-state index contributed by atoms with van der Waals surface area (Å²) in [7, 11) is 0. The maximum absolute atomic E-state index is 12.5. The molecule has 0 amide bonds. The molecule has 6 nitrogen and oxygen atoms in total. The number of aromatic nitrogens is 3. The van der Waals surface area contributed by atoms with Crippen LogP contribution < -0.4 is 15.0 Å². The number of nitrogens with zero attached hydrogens (tertiary/aromatic N) is 3. The Bertz CT molecular complexity index is 1190. The Morgan fingerprint density at radius 1 is 1.00 bits per heavy atom. The molecule has 0 spiro atoms. The zero-order valence-electron chi connectivity index (χ0n) is 15.0.